The zero-order chi connectivity index (χ0) is 58.4. The van der Waals surface area contributed by atoms with Crippen LogP contribution in [0.1, 0.15) is 36.9 Å². The van der Waals surface area contributed by atoms with Crippen molar-refractivity contribution in [2.45, 2.75) is 102 Å². The molecule has 11 rings (SSSR count). The first-order valence-electron chi connectivity index (χ1n) is 26.2. The maximum absolute atomic E-state index is 11.4. The SMILES string of the molecule is C#Cc1cncs1.COC1C(SC2COCC(n3cc(-c4ccccc4)nn3)C2O)OC(CO)C(O)C1n1cc(-c2cncs2)nn1.COC1C(SC2COCC(n3cc(-c4ccccc4)nn3)C2O)OC(COC(C)=O)C(C)C1N=[N+]=[N-]. The van der Waals surface area contributed by atoms with E-state index >= 15 is 0 Å². The van der Waals surface area contributed by atoms with Crippen molar-refractivity contribution >= 4 is 52.2 Å². The minimum atomic E-state index is -1.12. The number of rotatable bonds is 16. The Morgan fingerprint density at radius 1 is 0.759 bits per heavy atom. The van der Waals surface area contributed by atoms with Gasteiger partial charge in [0.05, 0.1) is 113 Å². The number of aromatic nitrogens is 11. The van der Waals surface area contributed by atoms with Gasteiger partial charge in [-0.1, -0.05) is 94.3 Å². The van der Waals surface area contributed by atoms with Gasteiger partial charge in [-0.3, -0.25) is 14.8 Å². The molecule has 440 valence electrons. The van der Waals surface area contributed by atoms with Gasteiger partial charge in [-0.2, -0.15) is 0 Å². The van der Waals surface area contributed by atoms with E-state index in [-0.39, 0.29) is 44.2 Å². The quantitative estimate of drug-likeness (QED) is 0.0333. The second-order valence-electron chi connectivity index (χ2n) is 19.4. The Balaban J connectivity index is 0.000000179. The lowest BCUT2D eigenvalue weighted by molar-refractivity contribution is -0.186. The van der Waals surface area contributed by atoms with Gasteiger partial charge in [0.2, 0.25) is 0 Å². The number of benzene rings is 2. The highest BCUT2D eigenvalue weighted by Crippen LogP contribution is 2.43. The van der Waals surface area contributed by atoms with Gasteiger partial charge in [0, 0.05) is 43.4 Å². The fraction of sp³-hybridized carbons (Fsp3) is 0.491. The molecule has 83 heavy (non-hydrogen) atoms. The molecule has 0 aliphatic carbocycles. The molecule has 0 amide bonds. The van der Waals surface area contributed by atoms with Gasteiger partial charge in [-0.15, -0.1) is 67.9 Å². The fourth-order valence-corrected chi connectivity index (χ4v) is 13.8. The van der Waals surface area contributed by atoms with E-state index in [1.807, 2.05) is 67.6 Å². The number of aliphatic hydroxyl groups excluding tert-OH is 4. The number of aliphatic hydroxyl groups is 4. The number of carbonyl (C=O) groups is 1. The number of esters is 1. The summed E-state index contributed by atoms with van der Waals surface area (Å²) in [4.78, 5) is 23.9. The molecular weight excluding hydrogens is 1150 g/mol. The van der Waals surface area contributed by atoms with Gasteiger partial charge in [0.1, 0.15) is 77.1 Å². The molecule has 4 N–H and O–H groups in total. The average Bonchev–Trinajstić information content (AvgIpc) is 4.30. The third kappa shape index (κ3) is 14.8. The number of nitrogens with zero attached hydrogens (tertiary/aromatic N) is 14. The molecule has 0 radical (unpaired) electrons. The highest BCUT2D eigenvalue weighted by molar-refractivity contribution is 8.00. The number of azide groups is 1. The van der Waals surface area contributed by atoms with E-state index in [1.54, 1.807) is 56.1 Å². The van der Waals surface area contributed by atoms with Crippen LogP contribution in [-0.4, -0.2) is 205 Å². The van der Waals surface area contributed by atoms with Crippen molar-refractivity contribution in [1.82, 2.24) is 54.9 Å². The Labute approximate surface area is 493 Å². The predicted molar refractivity (Wildman–Crippen MR) is 306 cm³/mol. The van der Waals surface area contributed by atoms with Gasteiger partial charge < -0.3 is 53.6 Å². The smallest absolute Gasteiger partial charge is 0.302 e. The van der Waals surface area contributed by atoms with Gasteiger partial charge in [0.25, 0.3) is 0 Å². The van der Waals surface area contributed by atoms with E-state index < -0.39 is 95.6 Å². The zero-order valence-corrected chi connectivity index (χ0v) is 48.6. The molecule has 0 spiro atoms. The highest BCUT2D eigenvalue weighted by Gasteiger charge is 2.50. The van der Waals surface area contributed by atoms with Crippen LogP contribution >= 0.6 is 46.2 Å². The van der Waals surface area contributed by atoms with Crippen LogP contribution in [0.4, 0.5) is 0 Å². The molecule has 4 saturated heterocycles. The molecule has 7 aromatic rings. The molecule has 2 aromatic carbocycles. The van der Waals surface area contributed by atoms with Crippen LogP contribution in [0.3, 0.4) is 0 Å². The molecule has 26 nitrogen and oxygen atoms in total. The first-order valence-corrected chi connectivity index (χ1v) is 29.8. The second kappa shape index (κ2) is 29.5. The van der Waals surface area contributed by atoms with Crippen molar-refractivity contribution in [1.29, 1.82) is 0 Å². The number of carbonyl (C=O) groups excluding carboxylic acids is 1. The van der Waals surface area contributed by atoms with E-state index in [2.05, 4.69) is 56.9 Å². The van der Waals surface area contributed by atoms with Crippen molar-refractivity contribution in [2.24, 2.45) is 11.0 Å². The van der Waals surface area contributed by atoms with E-state index in [0.717, 1.165) is 20.9 Å². The topological polar surface area (TPSA) is 329 Å². The minimum Gasteiger partial charge on any atom is -0.463 e. The summed E-state index contributed by atoms with van der Waals surface area (Å²) in [7, 11) is 3.05. The van der Waals surface area contributed by atoms with E-state index in [0.29, 0.717) is 17.1 Å². The van der Waals surface area contributed by atoms with E-state index in [4.69, 9.17) is 45.1 Å². The van der Waals surface area contributed by atoms with Crippen LogP contribution in [-0.2, 0) is 38.0 Å². The highest BCUT2D eigenvalue weighted by atomic mass is 32.2. The Morgan fingerprint density at radius 2 is 1.29 bits per heavy atom. The molecule has 4 aliphatic rings. The van der Waals surface area contributed by atoms with Crippen molar-refractivity contribution in [3.63, 3.8) is 0 Å². The number of thioether (sulfide) groups is 2. The number of hydrogen-bond acceptors (Lipinski definition) is 25. The summed E-state index contributed by atoms with van der Waals surface area (Å²) in [6, 6.07) is 17.2. The van der Waals surface area contributed by atoms with E-state index in [1.165, 1.54) is 67.3 Å². The lowest BCUT2D eigenvalue weighted by atomic mass is 9.89. The summed E-state index contributed by atoms with van der Waals surface area (Å²) in [5.41, 5.74) is 15.2. The van der Waals surface area contributed by atoms with Gasteiger partial charge in [-0.25, -0.2) is 14.0 Å². The molecule has 9 heterocycles. The first-order chi connectivity index (χ1) is 40.4. The predicted octanol–water partition coefficient (Wildman–Crippen LogP) is 4.75. The lowest BCUT2D eigenvalue weighted by Crippen LogP contribution is -2.56. The van der Waals surface area contributed by atoms with Crippen LogP contribution in [0.2, 0.25) is 0 Å². The molecular formula is C53H62N14O12S4. The Kier molecular flexibility index (Phi) is 21.8. The maximum atomic E-state index is 11.4. The summed E-state index contributed by atoms with van der Waals surface area (Å²) in [5, 5.41) is 72.5. The van der Waals surface area contributed by atoms with Gasteiger partial charge in [-0.05, 0) is 11.4 Å². The number of terminal acetylenes is 1. The number of ether oxygens (including phenoxy) is 7. The molecule has 4 fully saturated rings. The fourth-order valence-electron chi connectivity index (χ4n) is 9.83. The largest absolute Gasteiger partial charge is 0.463 e. The standard InChI is InChI=1S/C25H29N7O6S2.C23H30N6O6S.C5H3NS/c1-36-24-21(32-9-16(28-30-32)19-7-26-13-39-19)23(35)18(10-33)38-25(24)40-20-12-37-11-17(22(20)34)31-8-15(27-29-31)14-5-3-2-4-6-14;1-13-18(11-34-14(2)30)35-23(22(32-3)20(13)26-27-24)36-19-12-33-10-17(21(19)31)29-9-16(25-28-29)15-7-5-4-6-8-15;1-2-5-3-6-4-7-5/h2-9,13,17-18,20-25,33-35H,10-12H2,1H3;4-9,13,17-23,31H,10-12H2,1-3H3;1,3-4H. The Bertz CT molecular complexity index is 3190. The normalized spacial score (nSPS) is 29.6. The summed E-state index contributed by atoms with van der Waals surface area (Å²) >= 11 is 5.58. The summed E-state index contributed by atoms with van der Waals surface area (Å²) in [5.74, 6) is 1.78. The second-order valence-corrected chi connectivity index (χ2v) is 23.9. The number of thiazole rings is 2. The molecule has 0 saturated carbocycles. The molecule has 16 unspecified atom stereocenters. The third-order valence-corrected chi connectivity index (χ3v) is 18.6. The van der Waals surface area contributed by atoms with Crippen molar-refractivity contribution in [2.75, 3.05) is 53.9 Å². The van der Waals surface area contributed by atoms with Crippen molar-refractivity contribution in [3.8, 4) is 45.4 Å². The van der Waals surface area contributed by atoms with Crippen molar-refractivity contribution in [3.05, 3.63) is 118 Å². The van der Waals surface area contributed by atoms with Crippen LogP contribution in [0.5, 0.6) is 0 Å². The van der Waals surface area contributed by atoms with Crippen LogP contribution in [0.25, 0.3) is 43.5 Å². The zero-order valence-electron chi connectivity index (χ0n) is 45.3. The molecule has 5 aromatic heterocycles. The summed E-state index contributed by atoms with van der Waals surface area (Å²) < 4.78 is 45.6. The maximum Gasteiger partial charge on any atom is 0.302 e. The monoisotopic (exact) mass is 1210 g/mol. The van der Waals surface area contributed by atoms with Crippen molar-refractivity contribution < 1.29 is 58.4 Å². The third-order valence-electron chi connectivity index (χ3n) is 14.3. The van der Waals surface area contributed by atoms with E-state index in [9.17, 15) is 25.2 Å². The number of methoxy groups -OCH3 is 2. The Morgan fingerprint density at radius 3 is 1.78 bits per heavy atom. The van der Waals surface area contributed by atoms with Gasteiger partial charge >= 0.3 is 5.97 Å². The van der Waals surface area contributed by atoms with Gasteiger partial charge in [0.15, 0.2) is 0 Å². The molecule has 30 heteroatoms. The van der Waals surface area contributed by atoms with Crippen LogP contribution < -0.4 is 0 Å². The molecule has 0 bridgehead atoms. The molecule has 16 atom stereocenters. The van der Waals surface area contributed by atoms with Crippen LogP contribution in [0.15, 0.2) is 108 Å². The number of hydrogen-bond donors (Lipinski definition) is 4. The summed E-state index contributed by atoms with van der Waals surface area (Å²) in [6.45, 7) is 3.92. The van der Waals surface area contributed by atoms with Crippen LogP contribution in [0, 0.1) is 18.3 Å². The molecule has 4 aliphatic heterocycles. The lowest BCUT2D eigenvalue weighted by Gasteiger charge is -2.45. The Hall–Kier alpha value is -6.24. The minimum absolute atomic E-state index is 0.0228. The average molecular weight is 1220 g/mol. The summed E-state index contributed by atoms with van der Waals surface area (Å²) in [6.07, 6.45) is 8.27. The first kappa shape index (κ1) is 61.3.